The molecule has 0 spiro atoms. The van der Waals surface area contributed by atoms with Gasteiger partial charge in [0.15, 0.2) is 0 Å². The largest absolute Gasteiger partial charge is 0.417 e. The highest BCUT2D eigenvalue weighted by Gasteiger charge is 2.35. The average molecular weight is 426 g/mol. The number of aromatic amines is 1. The van der Waals surface area contributed by atoms with E-state index in [1.54, 1.807) is 6.33 Å². The lowest BCUT2D eigenvalue weighted by atomic mass is 9.98. The van der Waals surface area contributed by atoms with Crippen molar-refractivity contribution in [3.8, 4) is 0 Å². The minimum Gasteiger partial charge on any atom is -0.348 e. The van der Waals surface area contributed by atoms with Gasteiger partial charge in [0.1, 0.15) is 11.9 Å². The van der Waals surface area contributed by atoms with Gasteiger partial charge in [-0.25, -0.2) is 14.5 Å². The Bertz CT molecular complexity index is 1220. The van der Waals surface area contributed by atoms with Crippen LogP contribution in [0.4, 0.5) is 19.0 Å². The molecule has 0 radical (unpaired) electrons. The van der Waals surface area contributed by atoms with E-state index in [1.165, 1.54) is 11.6 Å². The quantitative estimate of drug-likeness (QED) is 0.514. The second kappa shape index (κ2) is 7.11. The maximum absolute atomic E-state index is 13.0. The van der Waals surface area contributed by atoms with Crippen LogP contribution in [0.2, 0.25) is 0 Å². The fourth-order valence-electron chi connectivity index (χ4n) is 4.22. The Kier molecular flexibility index (Phi) is 4.49. The van der Waals surface area contributed by atoms with Crippen LogP contribution in [0.5, 0.6) is 0 Å². The predicted molar refractivity (Wildman–Crippen MR) is 110 cm³/mol. The molecular weight excluding hydrogens is 405 g/mol. The van der Waals surface area contributed by atoms with Crippen molar-refractivity contribution in [3.63, 3.8) is 0 Å². The Morgan fingerprint density at radius 2 is 2.00 bits per heavy atom. The lowest BCUT2D eigenvalue weighted by molar-refractivity contribution is -0.137. The molecule has 0 amide bonds. The smallest absolute Gasteiger partial charge is 0.348 e. The van der Waals surface area contributed by atoms with Gasteiger partial charge in [-0.2, -0.15) is 18.3 Å². The van der Waals surface area contributed by atoms with E-state index in [0.717, 1.165) is 34.9 Å². The number of halogens is 3. The van der Waals surface area contributed by atoms with Gasteiger partial charge in [0.25, 0.3) is 0 Å². The van der Waals surface area contributed by atoms with Gasteiger partial charge in [-0.3, -0.25) is 0 Å². The first kappa shape index (κ1) is 19.6. The number of hydrogen-bond acceptors (Lipinski definition) is 4. The van der Waals surface area contributed by atoms with E-state index in [9.17, 15) is 13.2 Å². The summed E-state index contributed by atoms with van der Waals surface area (Å²) in [6.45, 7) is 4.85. The molecule has 0 fully saturated rings. The van der Waals surface area contributed by atoms with E-state index in [2.05, 4.69) is 34.9 Å². The van der Waals surface area contributed by atoms with Gasteiger partial charge in [-0.05, 0) is 35.7 Å². The third kappa shape index (κ3) is 3.34. The molecule has 4 aromatic rings. The molecular formula is C22H21F3N6. The molecule has 1 aliphatic rings. The van der Waals surface area contributed by atoms with E-state index in [1.807, 2.05) is 27.7 Å². The zero-order chi connectivity index (χ0) is 21.8. The molecule has 0 bridgehead atoms. The first-order chi connectivity index (χ1) is 14.8. The number of nitrogens with one attached hydrogen (secondary N) is 1. The van der Waals surface area contributed by atoms with Gasteiger partial charge >= 0.3 is 6.18 Å². The number of rotatable bonds is 3. The fraction of sp³-hybridized carbons (Fsp3) is 0.318. The number of imidazole rings is 1. The SMILES string of the molecule is CC(C)c1cccn2nc(C3c4nc[nH]c4CCN3c3ccc(C(F)(F)F)cn3)cc12. The van der Waals surface area contributed by atoms with Crippen molar-refractivity contribution in [3.05, 3.63) is 77.3 Å². The maximum atomic E-state index is 13.0. The summed E-state index contributed by atoms with van der Waals surface area (Å²) in [5.41, 5.74) is 4.04. The summed E-state index contributed by atoms with van der Waals surface area (Å²) >= 11 is 0. The molecule has 0 saturated heterocycles. The van der Waals surface area contributed by atoms with E-state index >= 15 is 0 Å². The van der Waals surface area contributed by atoms with Gasteiger partial charge in [0.2, 0.25) is 0 Å². The van der Waals surface area contributed by atoms with Gasteiger partial charge in [-0.1, -0.05) is 19.9 Å². The summed E-state index contributed by atoms with van der Waals surface area (Å²) in [7, 11) is 0. The van der Waals surface area contributed by atoms with E-state index in [-0.39, 0.29) is 6.04 Å². The summed E-state index contributed by atoms with van der Waals surface area (Å²) in [4.78, 5) is 13.8. The summed E-state index contributed by atoms with van der Waals surface area (Å²) < 4.78 is 40.8. The minimum atomic E-state index is -4.42. The van der Waals surface area contributed by atoms with Crippen molar-refractivity contribution < 1.29 is 13.2 Å². The molecule has 1 N–H and O–H groups in total. The maximum Gasteiger partial charge on any atom is 0.417 e. The van der Waals surface area contributed by atoms with Crippen LogP contribution in [0.1, 0.15) is 54.0 Å². The molecule has 31 heavy (non-hydrogen) atoms. The summed E-state index contributed by atoms with van der Waals surface area (Å²) in [5, 5.41) is 4.80. The number of hydrogen-bond donors (Lipinski definition) is 1. The van der Waals surface area contributed by atoms with E-state index < -0.39 is 11.7 Å². The highest BCUT2D eigenvalue weighted by atomic mass is 19.4. The average Bonchev–Trinajstić information content (AvgIpc) is 3.38. The molecule has 4 aromatic heterocycles. The van der Waals surface area contributed by atoms with Crippen LogP contribution >= 0.6 is 0 Å². The number of fused-ring (bicyclic) bond motifs is 2. The van der Waals surface area contributed by atoms with Crippen molar-refractivity contribution in [2.24, 2.45) is 0 Å². The standard InChI is InChI=1S/C22H21F3N6/c1-13(2)15-4-3-8-31-18(15)10-17(29-31)21-20-16(27-12-28-20)7-9-30(21)19-6-5-14(11-26-19)22(23,24)25/h3-6,8,10-13,21H,7,9H2,1-2H3,(H,27,28). The van der Waals surface area contributed by atoms with Crippen molar-refractivity contribution >= 4 is 11.3 Å². The third-order valence-corrected chi connectivity index (χ3v) is 5.75. The van der Waals surface area contributed by atoms with Crippen LogP contribution in [0, 0.1) is 0 Å². The molecule has 0 aliphatic carbocycles. The zero-order valence-electron chi connectivity index (χ0n) is 17.1. The summed E-state index contributed by atoms with van der Waals surface area (Å²) in [6.07, 6.45) is 0.708. The lowest BCUT2D eigenvalue weighted by Gasteiger charge is -2.35. The van der Waals surface area contributed by atoms with Crippen LogP contribution < -0.4 is 4.90 Å². The molecule has 6 nitrogen and oxygen atoms in total. The molecule has 1 unspecified atom stereocenters. The van der Waals surface area contributed by atoms with Crippen LogP contribution in [0.15, 0.2) is 49.1 Å². The molecule has 160 valence electrons. The minimum absolute atomic E-state index is 0.327. The number of nitrogens with zero attached hydrogens (tertiary/aromatic N) is 5. The Hall–Kier alpha value is -3.36. The summed E-state index contributed by atoms with van der Waals surface area (Å²) in [5.74, 6) is 0.793. The Morgan fingerprint density at radius 3 is 2.71 bits per heavy atom. The van der Waals surface area contributed by atoms with E-state index in [0.29, 0.717) is 24.7 Å². The second-order valence-electron chi connectivity index (χ2n) is 8.03. The van der Waals surface area contributed by atoms with Crippen molar-refractivity contribution in [2.75, 3.05) is 11.4 Å². The number of alkyl halides is 3. The first-order valence-electron chi connectivity index (χ1n) is 10.1. The molecule has 5 heterocycles. The summed E-state index contributed by atoms with van der Waals surface area (Å²) in [6, 6.07) is 8.24. The molecule has 0 aromatic carbocycles. The Labute approximate surface area is 176 Å². The first-order valence-corrected chi connectivity index (χ1v) is 10.1. The monoisotopic (exact) mass is 426 g/mol. The van der Waals surface area contributed by atoms with Gasteiger partial charge in [-0.15, -0.1) is 0 Å². The molecule has 1 aliphatic heterocycles. The topological polar surface area (TPSA) is 62.1 Å². The molecule has 1 atom stereocenters. The predicted octanol–water partition coefficient (Wildman–Crippen LogP) is 4.75. The van der Waals surface area contributed by atoms with Crippen LogP contribution in [-0.4, -0.2) is 31.1 Å². The van der Waals surface area contributed by atoms with Crippen molar-refractivity contribution in [1.82, 2.24) is 24.6 Å². The van der Waals surface area contributed by atoms with Crippen molar-refractivity contribution in [1.29, 1.82) is 0 Å². The van der Waals surface area contributed by atoms with Gasteiger partial charge < -0.3 is 9.88 Å². The number of pyridine rings is 2. The number of aromatic nitrogens is 5. The highest BCUT2D eigenvalue weighted by molar-refractivity contribution is 5.59. The molecule has 0 saturated carbocycles. The van der Waals surface area contributed by atoms with Crippen LogP contribution in [0.3, 0.4) is 0 Å². The highest BCUT2D eigenvalue weighted by Crippen LogP contribution is 2.37. The number of H-pyrrole nitrogens is 1. The number of anilines is 1. The molecule has 5 rings (SSSR count). The van der Waals surface area contributed by atoms with Crippen LogP contribution in [-0.2, 0) is 12.6 Å². The zero-order valence-corrected chi connectivity index (χ0v) is 17.1. The Morgan fingerprint density at radius 1 is 1.16 bits per heavy atom. The Balaban J connectivity index is 1.62. The van der Waals surface area contributed by atoms with Gasteiger partial charge in [0.05, 0.1) is 28.8 Å². The van der Waals surface area contributed by atoms with Crippen LogP contribution in [0.25, 0.3) is 5.52 Å². The van der Waals surface area contributed by atoms with Gasteiger partial charge in [0, 0.05) is 31.1 Å². The second-order valence-corrected chi connectivity index (χ2v) is 8.03. The normalized spacial score (nSPS) is 16.8. The fourth-order valence-corrected chi connectivity index (χ4v) is 4.22. The lowest BCUT2D eigenvalue weighted by Crippen LogP contribution is -2.37. The van der Waals surface area contributed by atoms with E-state index in [4.69, 9.17) is 5.10 Å². The van der Waals surface area contributed by atoms with Crippen molar-refractivity contribution in [2.45, 2.75) is 38.4 Å². The third-order valence-electron chi connectivity index (χ3n) is 5.75. The molecule has 9 heteroatoms.